The van der Waals surface area contributed by atoms with Crippen LogP contribution in [-0.4, -0.2) is 38.2 Å². The Morgan fingerprint density at radius 2 is 1.81 bits per heavy atom. The van der Waals surface area contributed by atoms with Crippen molar-refractivity contribution in [1.82, 2.24) is 19.7 Å². The standard InChI is InChI=1S/C16H18N4O/c21-16(20-8-7-15(20)13-3-4-13)9-12-1-5-14(6-2-12)19-10-17-18-11-19/h1-2,5-6,10-11,13,15H,3-4,7-9H2/t15-/m0/s1. The largest absolute Gasteiger partial charge is 0.339 e. The van der Waals surface area contributed by atoms with Crippen LogP contribution in [0.1, 0.15) is 24.8 Å². The van der Waals surface area contributed by atoms with Crippen molar-refractivity contribution in [2.75, 3.05) is 6.54 Å². The Morgan fingerprint density at radius 1 is 1.10 bits per heavy atom. The summed E-state index contributed by atoms with van der Waals surface area (Å²) >= 11 is 0. The molecule has 0 bridgehead atoms. The molecule has 1 saturated heterocycles. The normalized spacial score (nSPS) is 21.1. The van der Waals surface area contributed by atoms with Gasteiger partial charge in [0.2, 0.25) is 5.91 Å². The zero-order valence-electron chi connectivity index (χ0n) is 11.9. The maximum Gasteiger partial charge on any atom is 0.227 e. The van der Waals surface area contributed by atoms with Crippen LogP contribution in [0.25, 0.3) is 5.69 Å². The summed E-state index contributed by atoms with van der Waals surface area (Å²) in [4.78, 5) is 14.4. The number of hydrogen-bond acceptors (Lipinski definition) is 3. The van der Waals surface area contributed by atoms with Gasteiger partial charge in [0.15, 0.2) is 0 Å². The molecule has 0 radical (unpaired) electrons. The van der Waals surface area contributed by atoms with E-state index in [4.69, 9.17) is 0 Å². The van der Waals surface area contributed by atoms with Crippen molar-refractivity contribution in [3.05, 3.63) is 42.5 Å². The lowest BCUT2D eigenvalue weighted by Crippen LogP contribution is -2.52. The summed E-state index contributed by atoms with van der Waals surface area (Å²) in [6, 6.07) is 8.56. The van der Waals surface area contributed by atoms with Crippen molar-refractivity contribution in [2.24, 2.45) is 5.92 Å². The van der Waals surface area contributed by atoms with Crippen LogP contribution in [0.3, 0.4) is 0 Å². The predicted octanol–water partition coefficient (Wildman–Crippen LogP) is 1.82. The van der Waals surface area contributed by atoms with Gasteiger partial charge in [-0.05, 0) is 42.9 Å². The maximum atomic E-state index is 12.4. The fourth-order valence-electron chi connectivity index (χ4n) is 3.08. The third kappa shape index (κ3) is 2.44. The molecule has 108 valence electrons. The average molecular weight is 282 g/mol. The van der Waals surface area contributed by atoms with Crippen molar-refractivity contribution >= 4 is 5.91 Å². The number of nitrogens with zero attached hydrogens (tertiary/aromatic N) is 4. The van der Waals surface area contributed by atoms with Gasteiger partial charge in [-0.3, -0.25) is 9.36 Å². The fourth-order valence-corrected chi connectivity index (χ4v) is 3.08. The minimum absolute atomic E-state index is 0.273. The van der Waals surface area contributed by atoms with E-state index in [1.54, 1.807) is 12.7 Å². The van der Waals surface area contributed by atoms with Crippen LogP contribution in [0.5, 0.6) is 0 Å². The van der Waals surface area contributed by atoms with E-state index in [2.05, 4.69) is 15.1 Å². The molecule has 0 spiro atoms. The topological polar surface area (TPSA) is 51.0 Å². The highest BCUT2D eigenvalue weighted by atomic mass is 16.2. The van der Waals surface area contributed by atoms with Crippen molar-refractivity contribution in [1.29, 1.82) is 0 Å². The van der Waals surface area contributed by atoms with Crippen LogP contribution >= 0.6 is 0 Å². The number of carbonyl (C=O) groups is 1. The quantitative estimate of drug-likeness (QED) is 0.859. The first-order chi connectivity index (χ1) is 10.3. The van der Waals surface area contributed by atoms with E-state index in [0.29, 0.717) is 12.5 Å². The molecule has 0 unspecified atom stereocenters. The molecular formula is C16H18N4O. The molecule has 0 N–H and O–H groups in total. The van der Waals surface area contributed by atoms with Crippen LogP contribution in [-0.2, 0) is 11.2 Å². The highest BCUT2D eigenvalue weighted by Gasteiger charge is 2.42. The Hall–Kier alpha value is -2.17. The van der Waals surface area contributed by atoms with Gasteiger partial charge in [-0.15, -0.1) is 10.2 Å². The second-order valence-corrected chi connectivity index (χ2v) is 5.99. The number of amides is 1. The van der Waals surface area contributed by atoms with Crippen LogP contribution in [0.15, 0.2) is 36.9 Å². The molecule has 1 aliphatic heterocycles. The van der Waals surface area contributed by atoms with Crippen molar-refractivity contribution in [3.63, 3.8) is 0 Å². The van der Waals surface area contributed by atoms with E-state index >= 15 is 0 Å². The van der Waals surface area contributed by atoms with Gasteiger partial charge in [0.05, 0.1) is 6.42 Å². The molecule has 2 aliphatic rings. The summed E-state index contributed by atoms with van der Waals surface area (Å²) in [5.74, 6) is 1.06. The van der Waals surface area contributed by atoms with Crippen molar-refractivity contribution < 1.29 is 4.79 Å². The molecule has 1 amide bonds. The second-order valence-electron chi connectivity index (χ2n) is 5.99. The molecular weight excluding hydrogens is 264 g/mol. The molecule has 4 rings (SSSR count). The minimum atomic E-state index is 0.273. The number of aromatic nitrogens is 3. The van der Waals surface area contributed by atoms with Gasteiger partial charge in [0, 0.05) is 18.3 Å². The number of likely N-dealkylation sites (tertiary alicyclic amines) is 1. The Kier molecular flexibility index (Phi) is 2.98. The molecule has 1 aromatic carbocycles. The summed E-state index contributed by atoms with van der Waals surface area (Å²) < 4.78 is 1.85. The van der Waals surface area contributed by atoms with E-state index in [1.165, 1.54) is 19.3 Å². The van der Waals surface area contributed by atoms with Crippen LogP contribution in [0.4, 0.5) is 0 Å². The smallest absolute Gasteiger partial charge is 0.227 e. The molecule has 2 heterocycles. The van der Waals surface area contributed by atoms with Gasteiger partial charge in [-0.2, -0.15) is 0 Å². The lowest BCUT2D eigenvalue weighted by molar-refractivity contribution is -0.138. The lowest BCUT2D eigenvalue weighted by Gasteiger charge is -2.41. The molecule has 2 fully saturated rings. The molecule has 1 atom stereocenters. The molecule has 1 aliphatic carbocycles. The Bertz CT molecular complexity index is 631. The van der Waals surface area contributed by atoms with E-state index in [1.807, 2.05) is 28.8 Å². The maximum absolute atomic E-state index is 12.4. The van der Waals surface area contributed by atoms with E-state index in [-0.39, 0.29) is 5.91 Å². The van der Waals surface area contributed by atoms with Gasteiger partial charge < -0.3 is 4.90 Å². The molecule has 1 saturated carbocycles. The number of benzene rings is 1. The monoisotopic (exact) mass is 282 g/mol. The first-order valence-electron chi connectivity index (χ1n) is 7.55. The highest BCUT2D eigenvalue weighted by Crippen LogP contribution is 2.41. The first kappa shape index (κ1) is 12.6. The van der Waals surface area contributed by atoms with E-state index < -0.39 is 0 Å². The minimum Gasteiger partial charge on any atom is -0.339 e. The fraction of sp³-hybridized carbons (Fsp3) is 0.438. The zero-order valence-corrected chi connectivity index (χ0v) is 11.9. The van der Waals surface area contributed by atoms with Gasteiger partial charge in [0.1, 0.15) is 12.7 Å². The molecule has 21 heavy (non-hydrogen) atoms. The van der Waals surface area contributed by atoms with Gasteiger partial charge >= 0.3 is 0 Å². The molecule has 1 aromatic heterocycles. The van der Waals surface area contributed by atoms with E-state index in [9.17, 15) is 4.79 Å². The lowest BCUT2D eigenvalue weighted by atomic mass is 9.97. The summed E-state index contributed by atoms with van der Waals surface area (Å²) in [7, 11) is 0. The summed E-state index contributed by atoms with van der Waals surface area (Å²) in [6.07, 6.45) is 7.65. The van der Waals surface area contributed by atoms with Crippen LogP contribution in [0.2, 0.25) is 0 Å². The third-order valence-electron chi connectivity index (χ3n) is 4.56. The Morgan fingerprint density at radius 3 is 2.38 bits per heavy atom. The first-order valence-corrected chi connectivity index (χ1v) is 7.55. The second kappa shape index (κ2) is 4.98. The number of rotatable bonds is 4. The van der Waals surface area contributed by atoms with Gasteiger partial charge in [-0.25, -0.2) is 0 Å². The van der Waals surface area contributed by atoms with Crippen molar-refractivity contribution in [2.45, 2.75) is 31.7 Å². The zero-order chi connectivity index (χ0) is 14.2. The van der Waals surface area contributed by atoms with Crippen LogP contribution in [0, 0.1) is 5.92 Å². The SMILES string of the molecule is O=C(Cc1ccc(-n2cnnc2)cc1)N1CC[C@H]1C1CC1. The summed E-state index contributed by atoms with van der Waals surface area (Å²) in [5, 5.41) is 7.59. The molecule has 2 aromatic rings. The van der Waals surface area contributed by atoms with Crippen molar-refractivity contribution in [3.8, 4) is 5.69 Å². The van der Waals surface area contributed by atoms with Gasteiger partial charge in [-0.1, -0.05) is 12.1 Å². The summed E-state index contributed by atoms with van der Waals surface area (Å²) in [5.41, 5.74) is 2.08. The average Bonchev–Trinajstić information content (AvgIpc) is 3.11. The third-order valence-corrected chi connectivity index (χ3v) is 4.56. The highest BCUT2D eigenvalue weighted by molar-refractivity contribution is 5.80. The number of hydrogen-bond donors (Lipinski definition) is 0. The Balaban J connectivity index is 1.41. The molecule has 5 heteroatoms. The molecule has 5 nitrogen and oxygen atoms in total. The van der Waals surface area contributed by atoms with Gasteiger partial charge in [0.25, 0.3) is 0 Å². The Labute approximate surface area is 123 Å². The van der Waals surface area contributed by atoms with Crippen LogP contribution < -0.4 is 0 Å². The van der Waals surface area contributed by atoms with E-state index in [0.717, 1.165) is 23.7 Å². The predicted molar refractivity (Wildman–Crippen MR) is 77.9 cm³/mol. The summed E-state index contributed by atoms with van der Waals surface area (Å²) in [6.45, 7) is 0.943. The number of carbonyl (C=O) groups excluding carboxylic acids is 1.